The molecule has 0 radical (unpaired) electrons. The maximum atomic E-state index is 11.8. The van der Waals surface area contributed by atoms with Crippen LogP contribution in [0.15, 0.2) is 18.2 Å². The average Bonchev–Trinajstić information content (AvgIpc) is 2.35. The van der Waals surface area contributed by atoms with Gasteiger partial charge in [-0.05, 0) is 24.1 Å². The number of hydrogen-bond donors (Lipinski definition) is 4. The molecule has 0 bridgehead atoms. The van der Waals surface area contributed by atoms with Crippen LogP contribution in [0.2, 0.25) is 0 Å². The Kier molecular flexibility index (Phi) is 3.20. The predicted molar refractivity (Wildman–Crippen MR) is 66.6 cm³/mol. The normalized spacial score (nSPS) is 17.8. The number of nitrogens with one attached hydrogen (secondary N) is 3. The van der Waals surface area contributed by atoms with Crippen LogP contribution in [0.4, 0.5) is 11.4 Å². The topological polar surface area (TPSA) is 90.5 Å². The van der Waals surface area contributed by atoms with E-state index in [1.807, 2.05) is 13.8 Å². The van der Waals surface area contributed by atoms with E-state index in [-0.39, 0.29) is 23.4 Å². The van der Waals surface area contributed by atoms with Crippen LogP contribution in [0.1, 0.15) is 24.2 Å². The Bertz CT molecular complexity index is 499. The summed E-state index contributed by atoms with van der Waals surface area (Å²) < 4.78 is 0. The smallest absolute Gasteiger partial charge is 0.274 e. The maximum absolute atomic E-state index is 11.8. The van der Waals surface area contributed by atoms with Crippen LogP contribution >= 0.6 is 0 Å². The van der Waals surface area contributed by atoms with Crippen molar-refractivity contribution in [2.45, 2.75) is 19.9 Å². The number of carbonyl (C=O) groups excluding carboxylic acids is 2. The minimum Gasteiger partial charge on any atom is -0.372 e. The molecule has 0 saturated heterocycles. The average molecular weight is 249 g/mol. The molecule has 6 nitrogen and oxygen atoms in total. The van der Waals surface area contributed by atoms with Crippen molar-refractivity contribution in [1.29, 1.82) is 0 Å². The van der Waals surface area contributed by atoms with Gasteiger partial charge >= 0.3 is 0 Å². The first-order chi connectivity index (χ1) is 8.52. The third kappa shape index (κ3) is 2.14. The molecule has 2 rings (SSSR count). The number of hydrogen-bond acceptors (Lipinski definition) is 4. The molecule has 2 amide bonds. The van der Waals surface area contributed by atoms with Crippen molar-refractivity contribution in [2.75, 3.05) is 10.6 Å². The number of rotatable bonds is 2. The summed E-state index contributed by atoms with van der Waals surface area (Å²) in [6, 6.07) is 4.51. The first kappa shape index (κ1) is 12.4. The highest BCUT2D eigenvalue weighted by Crippen LogP contribution is 2.29. The quantitative estimate of drug-likeness (QED) is 0.468. The minimum absolute atomic E-state index is 0.126. The molecule has 0 aromatic heterocycles. The van der Waals surface area contributed by atoms with Crippen LogP contribution in [0.25, 0.3) is 0 Å². The standard InChI is InChI=1S/C12H15N3O3/c1-6(2)10-12(17)14-9-5-7(11(16)15-18)3-4-8(9)13-10/h3-6,10,13,18H,1-2H3,(H,14,17)(H,15,16). The second-order valence-electron chi connectivity index (χ2n) is 4.56. The van der Waals surface area contributed by atoms with Crippen molar-refractivity contribution in [3.63, 3.8) is 0 Å². The van der Waals surface area contributed by atoms with E-state index in [9.17, 15) is 9.59 Å². The van der Waals surface area contributed by atoms with Crippen molar-refractivity contribution in [3.8, 4) is 0 Å². The molecule has 0 saturated carbocycles. The Morgan fingerprint density at radius 2 is 2.11 bits per heavy atom. The number of benzene rings is 1. The minimum atomic E-state index is -0.613. The van der Waals surface area contributed by atoms with Gasteiger partial charge in [0.1, 0.15) is 6.04 Å². The molecule has 1 aromatic rings. The Morgan fingerprint density at radius 3 is 2.72 bits per heavy atom. The van der Waals surface area contributed by atoms with Crippen molar-refractivity contribution in [3.05, 3.63) is 23.8 Å². The molecular weight excluding hydrogens is 234 g/mol. The van der Waals surface area contributed by atoms with E-state index in [1.165, 1.54) is 6.07 Å². The number of amides is 2. The summed E-state index contributed by atoms with van der Waals surface area (Å²) in [6.45, 7) is 3.91. The zero-order valence-electron chi connectivity index (χ0n) is 10.2. The van der Waals surface area contributed by atoms with Crippen LogP contribution in [-0.4, -0.2) is 23.1 Å². The second-order valence-corrected chi connectivity index (χ2v) is 4.56. The van der Waals surface area contributed by atoms with Crippen molar-refractivity contribution >= 4 is 23.2 Å². The van der Waals surface area contributed by atoms with E-state index < -0.39 is 5.91 Å². The van der Waals surface area contributed by atoms with Gasteiger partial charge in [-0.2, -0.15) is 0 Å². The second kappa shape index (κ2) is 4.66. The van der Waals surface area contributed by atoms with Gasteiger partial charge < -0.3 is 10.6 Å². The molecule has 0 spiro atoms. The molecule has 0 fully saturated rings. The highest BCUT2D eigenvalue weighted by Gasteiger charge is 2.28. The summed E-state index contributed by atoms with van der Waals surface area (Å²) in [5.41, 5.74) is 3.14. The van der Waals surface area contributed by atoms with Gasteiger partial charge in [0.05, 0.1) is 11.4 Å². The number of anilines is 2. The van der Waals surface area contributed by atoms with Gasteiger partial charge in [0.15, 0.2) is 0 Å². The zero-order valence-corrected chi connectivity index (χ0v) is 10.2. The Morgan fingerprint density at radius 1 is 1.39 bits per heavy atom. The molecule has 1 aromatic carbocycles. The summed E-state index contributed by atoms with van der Waals surface area (Å²) in [5, 5.41) is 14.4. The number of carbonyl (C=O) groups is 2. The first-order valence-electron chi connectivity index (χ1n) is 5.69. The van der Waals surface area contributed by atoms with Gasteiger partial charge in [-0.25, -0.2) is 5.48 Å². The zero-order chi connectivity index (χ0) is 13.3. The summed E-state index contributed by atoms with van der Waals surface area (Å²) in [4.78, 5) is 23.1. The lowest BCUT2D eigenvalue weighted by Gasteiger charge is -2.29. The van der Waals surface area contributed by atoms with Gasteiger partial charge in [0, 0.05) is 5.56 Å². The lowest BCUT2D eigenvalue weighted by atomic mass is 10.00. The third-order valence-corrected chi connectivity index (χ3v) is 2.90. The first-order valence-corrected chi connectivity index (χ1v) is 5.69. The van der Waals surface area contributed by atoms with E-state index in [2.05, 4.69) is 10.6 Å². The lowest BCUT2D eigenvalue weighted by molar-refractivity contribution is -0.117. The van der Waals surface area contributed by atoms with Crippen LogP contribution in [0.3, 0.4) is 0 Å². The van der Waals surface area contributed by atoms with Crippen LogP contribution in [-0.2, 0) is 4.79 Å². The molecule has 0 aliphatic carbocycles. The van der Waals surface area contributed by atoms with Crippen molar-refractivity contribution in [1.82, 2.24) is 5.48 Å². The fourth-order valence-electron chi connectivity index (χ4n) is 1.89. The van der Waals surface area contributed by atoms with E-state index in [0.717, 1.165) is 5.69 Å². The SMILES string of the molecule is CC(C)C1Nc2ccc(C(=O)NO)cc2NC1=O. The van der Waals surface area contributed by atoms with Gasteiger partial charge in [-0.1, -0.05) is 13.8 Å². The monoisotopic (exact) mass is 249 g/mol. The van der Waals surface area contributed by atoms with E-state index in [0.29, 0.717) is 5.69 Å². The third-order valence-electron chi connectivity index (χ3n) is 2.90. The maximum Gasteiger partial charge on any atom is 0.274 e. The van der Waals surface area contributed by atoms with Gasteiger partial charge in [-0.3, -0.25) is 14.8 Å². The molecule has 96 valence electrons. The Labute approximate surface area is 104 Å². The molecule has 1 unspecified atom stereocenters. The Hall–Kier alpha value is -2.08. The van der Waals surface area contributed by atoms with Crippen molar-refractivity contribution < 1.29 is 14.8 Å². The fourth-order valence-corrected chi connectivity index (χ4v) is 1.89. The summed E-state index contributed by atoms with van der Waals surface area (Å²) in [6.07, 6.45) is 0. The van der Waals surface area contributed by atoms with Gasteiger partial charge in [-0.15, -0.1) is 0 Å². The highest BCUT2D eigenvalue weighted by molar-refractivity contribution is 6.05. The largest absolute Gasteiger partial charge is 0.372 e. The summed E-state index contributed by atoms with van der Waals surface area (Å²) in [5.74, 6) is -0.573. The number of hydroxylamine groups is 1. The highest BCUT2D eigenvalue weighted by atomic mass is 16.5. The van der Waals surface area contributed by atoms with Crippen LogP contribution < -0.4 is 16.1 Å². The lowest BCUT2D eigenvalue weighted by Crippen LogP contribution is -2.42. The predicted octanol–water partition coefficient (Wildman–Crippen LogP) is 1.19. The van der Waals surface area contributed by atoms with Gasteiger partial charge in [0.25, 0.3) is 5.91 Å². The number of fused-ring (bicyclic) bond motifs is 1. The van der Waals surface area contributed by atoms with Crippen molar-refractivity contribution in [2.24, 2.45) is 5.92 Å². The molecule has 1 atom stereocenters. The molecule has 6 heteroatoms. The summed E-state index contributed by atoms with van der Waals surface area (Å²) in [7, 11) is 0. The van der Waals surface area contributed by atoms with E-state index >= 15 is 0 Å². The molecule has 1 aliphatic rings. The van der Waals surface area contributed by atoms with Gasteiger partial charge in [0.2, 0.25) is 5.91 Å². The van der Waals surface area contributed by atoms with E-state index in [4.69, 9.17) is 5.21 Å². The molecule has 1 aliphatic heterocycles. The fraction of sp³-hybridized carbons (Fsp3) is 0.333. The van der Waals surface area contributed by atoms with Crippen LogP contribution in [0.5, 0.6) is 0 Å². The van der Waals surface area contributed by atoms with Crippen LogP contribution in [0, 0.1) is 5.92 Å². The summed E-state index contributed by atoms with van der Waals surface area (Å²) >= 11 is 0. The molecule has 18 heavy (non-hydrogen) atoms. The van der Waals surface area contributed by atoms with E-state index in [1.54, 1.807) is 17.6 Å². The molecule has 1 heterocycles. The molecular formula is C12H15N3O3. The Balaban J connectivity index is 2.32. The molecule has 4 N–H and O–H groups in total.